The van der Waals surface area contributed by atoms with Gasteiger partial charge in [-0.3, -0.25) is 19.1 Å². The summed E-state index contributed by atoms with van der Waals surface area (Å²) in [5.74, 6) is -0.302. The van der Waals surface area contributed by atoms with Crippen molar-refractivity contribution in [3.63, 3.8) is 0 Å². The van der Waals surface area contributed by atoms with Gasteiger partial charge in [-0.1, -0.05) is 36.4 Å². The Morgan fingerprint density at radius 2 is 1.76 bits per heavy atom. The molecule has 150 valence electrons. The average molecular weight is 395 g/mol. The number of carbonyl (C=O) groups is 3. The number of benzene rings is 1. The molecular formula is C20H21N5O4. The summed E-state index contributed by atoms with van der Waals surface area (Å²) in [5.41, 5.74) is 1.44. The molecule has 3 rings (SSSR count). The van der Waals surface area contributed by atoms with E-state index >= 15 is 0 Å². The van der Waals surface area contributed by atoms with E-state index in [9.17, 15) is 9.59 Å². The molecular weight excluding hydrogens is 374 g/mol. The molecule has 0 aliphatic rings. The summed E-state index contributed by atoms with van der Waals surface area (Å²) in [6.07, 6.45) is 1.59. The van der Waals surface area contributed by atoms with Crippen molar-refractivity contribution < 1.29 is 19.5 Å². The third-order valence-corrected chi connectivity index (χ3v) is 3.98. The molecule has 0 bridgehead atoms. The molecule has 2 amide bonds. The van der Waals surface area contributed by atoms with Crippen molar-refractivity contribution in [2.75, 3.05) is 12.4 Å². The van der Waals surface area contributed by atoms with E-state index in [1.165, 1.54) is 13.1 Å². The lowest BCUT2D eigenvalue weighted by Gasteiger charge is -2.15. The van der Waals surface area contributed by atoms with Gasteiger partial charge < -0.3 is 15.7 Å². The molecule has 0 aliphatic heterocycles. The lowest BCUT2D eigenvalue weighted by Crippen LogP contribution is -2.21. The third-order valence-electron chi connectivity index (χ3n) is 3.98. The van der Waals surface area contributed by atoms with Gasteiger partial charge in [-0.25, -0.2) is 4.98 Å². The second kappa shape index (κ2) is 10.4. The summed E-state index contributed by atoms with van der Waals surface area (Å²) in [6.45, 7) is 1.67. The Balaban J connectivity index is 0.000000941. The maximum absolute atomic E-state index is 12.8. The van der Waals surface area contributed by atoms with Gasteiger partial charge in [-0.2, -0.15) is 5.10 Å². The number of aromatic nitrogens is 3. The van der Waals surface area contributed by atoms with Crippen molar-refractivity contribution in [3.05, 3.63) is 77.7 Å². The lowest BCUT2D eigenvalue weighted by molar-refractivity contribution is -0.122. The number of rotatable bonds is 5. The maximum atomic E-state index is 12.8. The van der Waals surface area contributed by atoms with Crippen molar-refractivity contribution in [3.8, 4) is 0 Å². The highest BCUT2D eigenvalue weighted by molar-refractivity contribution is 6.04. The van der Waals surface area contributed by atoms with Crippen LogP contribution in [0.15, 0.2) is 60.8 Å². The predicted molar refractivity (Wildman–Crippen MR) is 107 cm³/mol. The van der Waals surface area contributed by atoms with Crippen molar-refractivity contribution in [2.45, 2.75) is 13.0 Å². The predicted octanol–water partition coefficient (Wildman–Crippen LogP) is 2.20. The fourth-order valence-corrected chi connectivity index (χ4v) is 2.59. The largest absolute Gasteiger partial charge is 0.483 e. The van der Waals surface area contributed by atoms with E-state index in [0.29, 0.717) is 5.82 Å². The number of pyridine rings is 1. The number of nitrogens with zero attached hydrogens (tertiary/aromatic N) is 3. The van der Waals surface area contributed by atoms with Crippen LogP contribution in [-0.4, -0.2) is 45.2 Å². The molecule has 2 heterocycles. The fraction of sp³-hybridized carbons (Fsp3) is 0.150. The van der Waals surface area contributed by atoms with E-state index in [1.807, 2.05) is 37.3 Å². The number of hydrogen-bond acceptors (Lipinski definition) is 5. The summed E-state index contributed by atoms with van der Waals surface area (Å²) in [4.78, 5) is 37.2. The summed E-state index contributed by atoms with van der Waals surface area (Å²) in [7, 11) is 1.52. The first-order valence-electron chi connectivity index (χ1n) is 8.68. The molecule has 0 saturated carbocycles. The summed E-state index contributed by atoms with van der Waals surface area (Å²) >= 11 is 0. The molecule has 0 fully saturated rings. The quantitative estimate of drug-likeness (QED) is 0.569. The van der Waals surface area contributed by atoms with Crippen LogP contribution in [0.3, 0.4) is 0 Å². The van der Waals surface area contributed by atoms with Crippen LogP contribution in [0.5, 0.6) is 0 Å². The van der Waals surface area contributed by atoms with E-state index in [-0.39, 0.29) is 35.7 Å². The first-order valence-corrected chi connectivity index (χ1v) is 8.68. The van der Waals surface area contributed by atoms with E-state index in [4.69, 9.17) is 9.90 Å². The molecule has 9 heteroatoms. The normalized spacial score (nSPS) is 10.8. The minimum Gasteiger partial charge on any atom is -0.483 e. The van der Waals surface area contributed by atoms with Crippen LogP contribution in [0.4, 0.5) is 5.82 Å². The zero-order valence-corrected chi connectivity index (χ0v) is 15.9. The molecule has 0 aliphatic carbocycles. The topological polar surface area (TPSA) is 126 Å². The number of hydrogen-bond donors (Lipinski definition) is 3. The van der Waals surface area contributed by atoms with Crippen LogP contribution in [0.1, 0.15) is 39.5 Å². The van der Waals surface area contributed by atoms with Crippen molar-refractivity contribution >= 4 is 24.1 Å². The van der Waals surface area contributed by atoms with Gasteiger partial charge in [0.05, 0.1) is 6.04 Å². The Hall–Kier alpha value is -4.01. The zero-order chi connectivity index (χ0) is 21.2. The molecule has 2 aromatic heterocycles. The molecule has 0 radical (unpaired) electrons. The Kier molecular flexibility index (Phi) is 7.60. The Labute approximate surface area is 167 Å². The Bertz CT molecular complexity index is 958. The van der Waals surface area contributed by atoms with Gasteiger partial charge in [0, 0.05) is 19.3 Å². The highest BCUT2D eigenvalue weighted by atomic mass is 16.3. The number of anilines is 1. The molecule has 3 N–H and O–H groups in total. The summed E-state index contributed by atoms with van der Waals surface area (Å²) in [5, 5.41) is 16.5. The van der Waals surface area contributed by atoms with E-state index in [1.54, 1.807) is 29.1 Å². The number of carboxylic acid groups (broad SMARTS) is 1. The zero-order valence-electron chi connectivity index (χ0n) is 15.9. The average Bonchev–Trinajstić information content (AvgIpc) is 3.20. The molecule has 1 atom stereocenters. The van der Waals surface area contributed by atoms with Gasteiger partial charge in [0.15, 0.2) is 5.69 Å². The van der Waals surface area contributed by atoms with E-state index in [0.717, 1.165) is 5.56 Å². The molecule has 9 nitrogen and oxygen atoms in total. The molecule has 0 saturated heterocycles. The smallest absolute Gasteiger partial charge is 0.290 e. The second-order valence-electron chi connectivity index (χ2n) is 5.80. The second-order valence-corrected chi connectivity index (χ2v) is 5.80. The van der Waals surface area contributed by atoms with Crippen LogP contribution >= 0.6 is 0 Å². The van der Waals surface area contributed by atoms with Crippen molar-refractivity contribution in [2.24, 2.45) is 0 Å². The van der Waals surface area contributed by atoms with Gasteiger partial charge >= 0.3 is 0 Å². The standard InChI is InChI=1S/C19H19N5O2.CH2O2/c1-13(14-8-4-3-5-9-14)24-16(12-15(23-24)18(25)20-2)19(26)22-17-10-6-7-11-21-17;2-1-3/h3-13H,1-2H3,(H,20,25)(H,21,22,26);1H,(H,2,3)/t13-;/m0./s1. The van der Waals surface area contributed by atoms with Crippen LogP contribution in [0.25, 0.3) is 0 Å². The number of amides is 2. The van der Waals surface area contributed by atoms with Gasteiger partial charge in [0.1, 0.15) is 11.5 Å². The van der Waals surface area contributed by atoms with Gasteiger partial charge in [0.25, 0.3) is 18.3 Å². The van der Waals surface area contributed by atoms with Crippen molar-refractivity contribution in [1.29, 1.82) is 0 Å². The molecule has 1 aromatic carbocycles. The summed E-state index contributed by atoms with van der Waals surface area (Å²) < 4.78 is 1.55. The van der Waals surface area contributed by atoms with Gasteiger partial charge in [-0.15, -0.1) is 0 Å². The van der Waals surface area contributed by atoms with Gasteiger partial charge in [-0.05, 0) is 24.6 Å². The fourth-order valence-electron chi connectivity index (χ4n) is 2.59. The number of nitrogens with one attached hydrogen (secondary N) is 2. The minimum atomic E-state index is -0.380. The molecule has 0 spiro atoms. The van der Waals surface area contributed by atoms with Crippen LogP contribution in [0.2, 0.25) is 0 Å². The summed E-state index contributed by atoms with van der Waals surface area (Å²) in [6, 6.07) is 16.2. The SMILES string of the molecule is CNC(=O)c1cc(C(=O)Nc2ccccn2)n([C@@H](C)c2ccccc2)n1.O=CO. The number of carbonyl (C=O) groups excluding carboxylic acids is 2. The molecule has 3 aromatic rings. The molecule has 0 unspecified atom stereocenters. The monoisotopic (exact) mass is 395 g/mol. The minimum absolute atomic E-state index is 0.182. The van der Waals surface area contributed by atoms with Crippen molar-refractivity contribution in [1.82, 2.24) is 20.1 Å². The maximum Gasteiger partial charge on any atom is 0.290 e. The van der Waals surface area contributed by atoms with Crippen LogP contribution in [0, 0.1) is 0 Å². The lowest BCUT2D eigenvalue weighted by atomic mass is 10.1. The Morgan fingerprint density at radius 3 is 2.34 bits per heavy atom. The first-order chi connectivity index (χ1) is 14.0. The first kappa shape index (κ1) is 21.3. The third kappa shape index (κ3) is 5.48. The van der Waals surface area contributed by atoms with Crippen LogP contribution < -0.4 is 10.6 Å². The molecule has 29 heavy (non-hydrogen) atoms. The highest BCUT2D eigenvalue weighted by Crippen LogP contribution is 2.20. The van der Waals surface area contributed by atoms with E-state index in [2.05, 4.69) is 20.7 Å². The van der Waals surface area contributed by atoms with Gasteiger partial charge in [0.2, 0.25) is 0 Å². The van der Waals surface area contributed by atoms with Crippen LogP contribution in [-0.2, 0) is 4.79 Å². The highest BCUT2D eigenvalue weighted by Gasteiger charge is 2.22. The van der Waals surface area contributed by atoms with E-state index < -0.39 is 0 Å². The Morgan fingerprint density at radius 1 is 1.10 bits per heavy atom.